The molecule has 0 saturated heterocycles. The first-order chi connectivity index (χ1) is 8.76. The number of rotatable bonds is 3. The van der Waals surface area contributed by atoms with Crippen molar-refractivity contribution in [3.05, 3.63) is 30.1 Å². The second-order valence-electron chi connectivity index (χ2n) is 4.91. The molecule has 6 heteroatoms. The summed E-state index contributed by atoms with van der Waals surface area (Å²) in [6.07, 6.45) is -0.679. The highest BCUT2D eigenvalue weighted by Gasteiger charge is 2.16. The van der Waals surface area contributed by atoms with E-state index in [1.54, 1.807) is 26.8 Å². The van der Waals surface area contributed by atoms with Crippen LogP contribution in [0.25, 0.3) is 0 Å². The normalized spacial score (nSPS) is 10.7. The molecule has 0 unspecified atom stereocenters. The van der Waals surface area contributed by atoms with Crippen LogP contribution < -0.4 is 10.6 Å². The zero-order valence-electron chi connectivity index (χ0n) is 11.1. The van der Waals surface area contributed by atoms with Gasteiger partial charge >= 0.3 is 6.09 Å². The molecule has 0 aromatic heterocycles. The van der Waals surface area contributed by atoms with Gasteiger partial charge in [0.25, 0.3) is 0 Å². The fraction of sp³-hybridized carbons (Fsp3) is 0.385. The average Bonchev–Trinajstić information content (AvgIpc) is 2.24. The molecule has 104 valence electrons. The van der Waals surface area contributed by atoms with Crippen LogP contribution in [0.3, 0.4) is 0 Å². The number of hydrogen-bond donors (Lipinski definition) is 2. The summed E-state index contributed by atoms with van der Waals surface area (Å²) in [4.78, 5) is 22.8. The van der Waals surface area contributed by atoms with Gasteiger partial charge < -0.3 is 15.4 Å². The first-order valence-electron chi connectivity index (χ1n) is 5.78. The van der Waals surface area contributed by atoms with Gasteiger partial charge in [-0.3, -0.25) is 4.79 Å². The third kappa shape index (κ3) is 6.40. The number of alkyl carbamates (subject to hydrolysis) is 1. The summed E-state index contributed by atoms with van der Waals surface area (Å²) in [5.74, 6) is -0.908. The topological polar surface area (TPSA) is 67.4 Å². The molecule has 0 heterocycles. The van der Waals surface area contributed by atoms with Gasteiger partial charge in [0.2, 0.25) is 5.91 Å². The Kier molecular flexibility index (Phi) is 4.86. The maximum absolute atomic E-state index is 12.9. The Morgan fingerprint density at radius 1 is 1.32 bits per heavy atom. The Morgan fingerprint density at radius 3 is 2.58 bits per heavy atom. The van der Waals surface area contributed by atoms with Crippen molar-refractivity contribution >= 4 is 17.7 Å². The smallest absolute Gasteiger partial charge is 0.408 e. The van der Waals surface area contributed by atoms with E-state index in [1.807, 2.05) is 0 Å². The summed E-state index contributed by atoms with van der Waals surface area (Å²) < 4.78 is 17.8. The van der Waals surface area contributed by atoms with E-state index >= 15 is 0 Å². The maximum Gasteiger partial charge on any atom is 0.408 e. The van der Waals surface area contributed by atoms with Crippen molar-refractivity contribution in [2.24, 2.45) is 0 Å². The van der Waals surface area contributed by atoms with Gasteiger partial charge in [-0.15, -0.1) is 0 Å². The predicted octanol–water partition coefficient (Wildman–Crippen LogP) is 2.29. The number of carbonyl (C=O) groups is 2. The molecule has 0 saturated carbocycles. The predicted molar refractivity (Wildman–Crippen MR) is 69.3 cm³/mol. The molecule has 19 heavy (non-hydrogen) atoms. The number of amides is 2. The number of carbonyl (C=O) groups excluding carboxylic acids is 2. The monoisotopic (exact) mass is 268 g/mol. The van der Waals surface area contributed by atoms with Crippen molar-refractivity contribution in [1.29, 1.82) is 0 Å². The summed E-state index contributed by atoms with van der Waals surface area (Å²) in [6, 6.07) is 5.49. The van der Waals surface area contributed by atoms with E-state index in [2.05, 4.69) is 10.6 Å². The Morgan fingerprint density at radius 2 is 2.00 bits per heavy atom. The van der Waals surface area contributed by atoms with Gasteiger partial charge in [-0.25, -0.2) is 9.18 Å². The zero-order valence-corrected chi connectivity index (χ0v) is 11.1. The second-order valence-corrected chi connectivity index (χ2v) is 4.91. The zero-order chi connectivity index (χ0) is 14.5. The van der Waals surface area contributed by atoms with Crippen LogP contribution in [0.1, 0.15) is 20.8 Å². The van der Waals surface area contributed by atoms with E-state index in [-0.39, 0.29) is 6.54 Å². The summed E-state index contributed by atoms with van der Waals surface area (Å²) in [7, 11) is 0. The van der Waals surface area contributed by atoms with Gasteiger partial charge in [0.05, 0.1) is 0 Å². The lowest BCUT2D eigenvalue weighted by molar-refractivity contribution is -0.115. The highest BCUT2D eigenvalue weighted by atomic mass is 19.1. The van der Waals surface area contributed by atoms with Gasteiger partial charge in [-0.1, -0.05) is 6.07 Å². The molecule has 0 spiro atoms. The van der Waals surface area contributed by atoms with Crippen molar-refractivity contribution in [2.45, 2.75) is 26.4 Å². The third-order valence-corrected chi connectivity index (χ3v) is 1.90. The molecule has 0 aliphatic rings. The van der Waals surface area contributed by atoms with Gasteiger partial charge in [0.15, 0.2) is 0 Å². The molecule has 0 aliphatic heterocycles. The van der Waals surface area contributed by atoms with Crippen LogP contribution in [0, 0.1) is 5.82 Å². The van der Waals surface area contributed by atoms with Gasteiger partial charge in [0.1, 0.15) is 18.0 Å². The molecule has 0 aliphatic carbocycles. The number of benzene rings is 1. The van der Waals surface area contributed by atoms with Gasteiger partial charge in [-0.2, -0.15) is 0 Å². The molecule has 5 nitrogen and oxygen atoms in total. The van der Waals surface area contributed by atoms with Crippen LogP contribution in [0.2, 0.25) is 0 Å². The third-order valence-electron chi connectivity index (χ3n) is 1.90. The lowest BCUT2D eigenvalue weighted by Gasteiger charge is -2.19. The molecular weight excluding hydrogens is 251 g/mol. The quantitative estimate of drug-likeness (QED) is 0.883. The highest BCUT2D eigenvalue weighted by Crippen LogP contribution is 2.09. The molecule has 1 aromatic carbocycles. The van der Waals surface area contributed by atoms with Crippen molar-refractivity contribution in [2.75, 3.05) is 11.9 Å². The maximum atomic E-state index is 12.9. The summed E-state index contributed by atoms with van der Waals surface area (Å²) in [5, 5.41) is 4.76. The summed E-state index contributed by atoms with van der Waals surface area (Å²) in [6.45, 7) is 4.92. The molecule has 0 fully saturated rings. The Bertz CT molecular complexity index is 469. The average molecular weight is 268 g/mol. The number of hydrogen-bond acceptors (Lipinski definition) is 3. The molecule has 0 radical (unpaired) electrons. The second kappa shape index (κ2) is 6.17. The molecule has 2 amide bonds. The van der Waals surface area contributed by atoms with Crippen LogP contribution >= 0.6 is 0 Å². The SMILES string of the molecule is CC(C)(C)OC(=O)NCC(=O)Nc1cccc(F)c1. The van der Waals surface area contributed by atoms with Crippen LogP contribution in [0.5, 0.6) is 0 Å². The number of halogens is 1. The molecule has 0 atom stereocenters. The number of nitrogens with one attached hydrogen (secondary N) is 2. The fourth-order valence-electron chi connectivity index (χ4n) is 1.24. The minimum atomic E-state index is -0.679. The van der Waals surface area contributed by atoms with Crippen LogP contribution in [-0.4, -0.2) is 24.1 Å². The highest BCUT2D eigenvalue weighted by molar-refractivity contribution is 5.93. The Balaban J connectivity index is 2.38. The molecule has 1 aromatic rings. The minimum Gasteiger partial charge on any atom is -0.444 e. The van der Waals surface area contributed by atoms with Crippen LogP contribution in [-0.2, 0) is 9.53 Å². The standard InChI is InChI=1S/C13H17FN2O3/c1-13(2,3)19-12(18)15-8-11(17)16-10-6-4-5-9(14)7-10/h4-7H,8H2,1-3H3,(H,15,18)(H,16,17). The minimum absolute atomic E-state index is 0.245. The van der Waals surface area contributed by atoms with Crippen LogP contribution in [0.4, 0.5) is 14.9 Å². The largest absolute Gasteiger partial charge is 0.444 e. The Labute approximate surface area is 111 Å². The summed E-state index contributed by atoms with van der Waals surface area (Å²) >= 11 is 0. The number of ether oxygens (including phenoxy) is 1. The first kappa shape index (κ1) is 14.9. The fourth-order valence-corrected chi connectivity index (χ4v) is 1.24. The first-order valence-corrected chi connectivity index (χ1v) is 5.78. The van der Waals surface area contributed by atoms with Crippen molar-refractivity contribution in [3.8, 4) is 0 Å². The summed E-state index contributed by atoms with van der Waals surface area (Å²) in [5.41, 5.74) is -0.292. The van der Waals surface area contributed by atoms with Crippen molar-refractivity contribution < 1.29 is 18.7 Å². The molecule has 1 rings (SSSR count). The van der Waals surface area contributed by atoms with Gasteiger partial charge in [0, 0.05) is 5.69 Å². The van der Waals surface area contributed by atoms with Crippen molar-refractivity contribution in [3.63, 3.8) is 0 Å². The van der Waals surface area contributed by atoms with E-state index in [1.165, 1.54) is 18.2 Å². The van der Waals surface area contributed by atoms with Gasteiger partial charge in [-0.05, 0) is 39.0 Å². The lowest BCUT2D eigenvalue weighted by Crippen LogP contribution is -2.37. The van der Waals surface area contributed by atoms with E-state index in [0.29, 0.717) is 5.69 Å². The molecule has 0 bridgehead atoms. The van der Waals surface area contributed by atoms with E-state index < -0.39 is 23.4 Å². The van der Waals surface area contributed by atoms with Crippen molar-refractivity contribution in [1.82, 2.24) is 5.32 Å². The van der Waals surface area contributed by atoms with E-state index in [4.69, 9.17) is 4.74 Å². The van der Waals surface area contributed by atoms with Crippen LogP contribution in [0.15, 0.2) is 24.3 Å². The molecule has 2 N–H and O–H groups in total. The Hall–Kier alpha value is -2.11. The molecular formula is C13H17FN2O3. The van der Waals surface area contributed by atoms with E-state index in [9.17, 15) is 14.0 Å². The lowest BCUT2D eigenvalue weighted by atomic mass is 10.2. The number of anilines is 1. The van der Waals surface area contributed by atoms with E-state index in [0.717, 1.165) is 0 Å².